The monoisotopic (exact) mass is 369 g/mol. The van der Waals surface area contributed by atoms with Crippen molar-refractivity contribution < 1.29 is 17.9 Å². The normalized spacial score (nSPS) is 19.2. The Hall–Kier alpha value is -1.64. The van der Waals surface area contributed by atoms with E-state index in [2.05, 4.69) is 5.32 Å². The van der Waals surface area contributed by atoms with Crippen LogP contribution >= 0.6 is 0 Å². The van der Waals surface area contributed by atoms with Gasteiger partial charge in [0, 0.05) is 27.2 Å². The summed E-state index contributed by atoms with van der Waals surface area (Å²) in [6, 6.07) is 7.26. The molecule has 1 aliphatic heterocycles. The second-order valence-corrected chi connectivity index (χ2v) is 8.78. The average molecular weight is 369 g/mol. The Kier molecular flexibility index (Phi) is 6.42. The highest BCUT2D eigenvalue weighted by Gasteiger charge is 2.33. The van der Waals surface area contributed by atoms with E-state index in [0.717, 1.165) is 0 Å². The molecule has 0 aliphatic carbocycles. The van der Waals surface area contributed by atoms with Crippen LogP contribution in [0.2, 0.25) is 0 Å². The molecule has 25 heavy (non-hydrogen) atoms. The molecule has 1 aromatic carbocycles. The van der Waals surface area contributed by atoms with Gasteiger partial charge < -0.3 is 10.1 Å². The lowest BCUT2D eigenvalue weighted by atomic mass is 9.98. The van der Waals surface area contributed by atoms with E-state index >= 15 is 0 Å². The number of benzene rings is 1. The van der Waals surface area contributed by atoms with Crippen LogP contribution in [-0.4, -0.2) is 56.2 Å². The molecule has 7 nitrogen and oxygen atoms in total. The summed E-state index contributed by atoms with van der Waals surface area (Å²) in [4.78, 5) is 12.6. The van der Waals surface area contributed by atoms with Crippen molar-refractivity contribution in [2.45, 2.75) is 32.8 Å². The molecule has 0 saturated carbocycles. The Morgan fingerprint density at radius 3 is 2.64 bits per heavy atom. The van der Waals surface area contributed by atoms with Crippen LogP contribution in [0, 0.1) is 5.92 Å². The Balaban J connectivity index is 2.09. The summed E-state index contributed by atoms with van der Waals surface area (Å²) in [6.45, 7) is 4.48. The average Bonchev–Trinajstić information content (AvgIpc) is 2.56. The maximum absolute atomic E-state index is 12.6. The first-order valence-corrected chi connectivity index (χ1v) is 9.85. The van der Waals surface area contributed by atoms with Gasteiger partial charge in [0.05, 0.1) is 17.7 Å². The number of amides is 1. The summed E-state index contributed by atoms with van der Waals surface area (Å²) in [5.41, 5.74) is 0.605. The van der Waals surface area contributed by atoms with Gasteiger partial charge in [-0.25, -0.2) is 0 Å². The zero-order valence-electron chi connectivity index (χ0n) is 15.2. The number of carbonyl (C=O) groups is 1. The van der Waals surface area contributed by atoms with Crippen LogP contribution in [0.1, 0.15) is 26.7 Å². The van der Waals surface area contributed by atoms with Gasteiger partial charge in [-0.05, 0) is 38.8 Å². The molecule has 140 valence electrons. The quantitative estimate of drug-likeness (QED) is 0.831. The molecule has 1 amide bonds. The molecular formula is C17H27N3O4S. The van der Waals surface area contributed by atoms with Crippen LogP contribution in [0.5, 0.6) is 5.75 Å². The number of hydrogen-bond donors (Lipinski definition) is 1. The van der Waals surface area contributed by atoms with Gasteiger partial charge in [0.15, 0.2) is 0 Å². The molecule has 0 spiro atoms. The van der Waals surface area contributed by atoms with Crippen molar-refractivity contribution in [3.63, 3.8) is 0 Å². The maximum Gasteiger partial charge on any atom is 0.281 e. The van der Waals surface area contributed by atoms with Gasteiger partial charge in [0.25, 0.3) is 10.2 Å². The van der Waals surface area contributed by atoms with Crippen molar-refractivity contribution in [1.29, 1.82) is 0 Å². The van der Waals surface area contributed by atoms with Crippen LogP contribution in [-0.2, 0) is 15.0 Å². The summed E-state index contributed by atoms with van der Waals surface area (Å²) in [6.07, 6.45) is 1.32. The molecule has 2 rings (SSSR count). The minimum Gasteiger partial charge on any atom is -0.489 e. The standard InChI is InChI=1S/C17H27N3O4S/c1-13(2)24-16-10-6-5-9-15(16)18-17(21)14-8-7-11-20(12-14)25(22,23)19(3)4/h5-6,9-10,13-14H,7-8,11-12H2,1-4H3,(H,18,21)/t14-/m1/s1. The number of piperidine rings is 1. The smallest absolute Gasteiger partial charge is 0.281 e. The van der Waals surface area contributed by atoms with Crippen LogP contribution in [0.25, 0.3) is 0 Å². The van der Waals surface area contributed by atoms with E-state index in [-0.39, 0.29) is 24.5 Å². The summed E-state index contributed by atoms with van der Waals surface area (Å²) >= 11 is 0. The van der Waals surface area contributed by atoms with E-state index in [4.69, 9.17) is 4.74 Å². The lowest BCUT2D eigenvalue weighted by molar-refractivity contribution is -0.120. The topological polar surface area (TPSA) is 79.0 Å². The Morgan fingerprint density at radius 1 is 1.32 bits per heavy atom. The molecule has 8 heteroatoms. The molecule has 1 saturated heterocycles. The number of hydrogen-bond acceptors (Lipinski definition) is 4. The third kappa shape index (κ3) is 4.93. The highest BCUT2D eigenvalue weighted by molar-refractivity contribution is 7.86. The molecule has 1 heterocycles. The second kappa shape index (κ2) is 8.16. The number of ether oxygens (including phenoxy) is 1. The van der Waals surface area contributed by atoms with Crippen molar-refractivity contribution in [2.24, 2.45) is 5.92 Å². The predicted octanol–water partition coefficient (Wildman–Crippen LogP) is 1.93. The number of nitrogens with zero attached hydrogens (tertiary/aromatic N) is 2. The molecule has 1 aromatic rings. The zero-order chi connectivity index (χ0) is 18.6. The molecule has 0 bridgehead atoms. The molecule has 1 N–H and O–H groups in total. The Labute approximate surface area is 150 Å². The summed E-state index contributed by atoms with van der Waals surface area (Å²) in [7, 11) is -0.504. The fraction of sp³-hybridized carbons (Fsp3) is 0.588. The minimum atomic E-state index is -3.50. The number of carbonyl (C=O) groups excluding carboxylic acids is 1. The summed E-state index contributed by atoms with van der Waals surface area (Å²) in [5, 5.41) is 2.89. The first-order valence-electron chi connectivity index (χ1n) is 8.46. The molecule has 0 aromatic heterocycles. The fourth-order valence-corrected chi connectivity index (χ4v) is 3.95. The molecule has 1 aliphatic rings. The van der Waals surface area contributed by atoms with Crippen molar-refractivity contribution >= 4 is 21.8 Å². The number of nitrogens with one attached hydrogen (secondary N) is 1. The van der Waals surface area contributed by atoms with Crippen molar-refractivity contribution in [2.75, 3.05) is 32.5 Å². The maximum atomic E-state index is 12.6. The van der Waals surface area contributed by atoms with Crippen LogP contribution < -0.4 is 10.1 Å². The first kappa shape index (κ1) is 19.7. The fourth-order valence-electron chi connectivity index (χ4n) is 2.76. The number of para-hydroxylation sites is 2. The first-order chi connectivity index (χ1) is 11.7. The zero-order valence-corrected chi connectivity index (χ0v) is 16.0. The highest BCUT2D eigenvalue weighted by atomic mass is 32.2. The van der Waals surface area contributed by atoms with Crippen molar-refractivity contribution in [3.05, 3.63) is 24.3 Å². The van der Waals surface area contributed by atoms with Gasteiger partial charge in [0.2, 0.25) is 5.91 Å². The van der Waals surface area contributed by atoms with E-state index in [1.165, 1.54) is 22.7 Å². The minimum absolute atomic E-state index is 0.00606. The van der Waals surface area contributed by atoms with Gasteiger partial charge in [-0.2, -0.15) is 17.0 Å². The van der Waals surface area contributed by atoms with Gasteiger partial charge >= 0.3 is 0 Å². The predicted molar refractivity (Wildman–Crippen MR) is 97.7 cm³/mol. The van der Waals surface area contributed by atoms with Gasteiger partial charge in [0.1, 0.15) is 5.75 Å². The van der Waals surface area contributed by atoms with Gasteiger partial charge in [-0.3, -0.25) is 4.79 Å². The van der Waals surface area contributed by atoms with Gasteiger partial charge in [-0.15, -0.1) is 0 Å². The van der Waals surface area contributed by atoms with Gasteiger partial charge in [-0.1, -0.05) is 12.1 Å². The Morgan fingerprint density at radius 2 is 2.00 bits per heavy atom. The van der Waals surface area contributed by atoms with Crippen LogP contribution in [0.4, 0.5) is 5.69 Å². The van der Waals surface area contributed by atoms with E-state index < -0.39 is 10.2 Å². The molecule has 1 fully saturated rings. The van der Waals surface area contributed by atoms with E-state index in [1.54, 1.807) is 12.1 Å². The highest BCUT2D eigenvalue weighted by Crippen LogP contribution is 2.27. The van der Waals surface area contributed by atoms with E-state index in [9.17, 15) is 13.2 Å². The van der Waals surface area contributed by atoms with Crippen LogP contribution in [0.3, 0.4) is 0 Å². The van der Waals surface area contributed by atoms with Crippen molar-refractivity contribution in [3.8, 4) is 5.75 Å². The molecule has 1 atom stereocenters. The van der Waals surface area contributed by atoms with Crippen molar-refractivity contribution in [1.82, 2.24) is 8.61 Å². The third-order valence-electron chi connectivity index (χ3n) is 4.05. The molecular weight excluding hydrogens is 342 g/mol. The second-order valence-electron chi connectivity index (χ2n) is 6.64. The number of anilines is 1. The summed E-state index contributed by atoms with van der Waals surface area (Å²) < 4.78 is 32.8. The Bertz CT molecular complexity index is 704. The third-order valence-corrected chi connectivity index (χ3v) is 5.96. The lowest BCUT2D eigenvalue weighted by Crippen LogP contribution is -2.47. The SMILES string of the molecule is CC(C)Oc1ccccc1NC(=O)[C@@H]1CCCN(S(=O)(=O)N(C)C)C1. The molecule has 0 unspecified atom stereocenters. The van der Waals surface area contributed by atoms with Crippen LogP contribution in [0.15, 0.2) is 24.3 Å². The number of rotatable bonds is 6. The lowest BCUT2D eigenvalue weighted by Gasteiger charge is -2.32. The molecule has 0 radical (unpaired) electrons. The van der Waals surface area contributed by atoms with E-state index in [1.807, 2.05) is 26.0 Å². The summed E-state index contributed by atoms with van der Waals surface area (Å²) in [5.74, 6) is 0.0495. The van der Waals surface area contributed by atoms with E-state index in [0.29, 0.717) is 30.8 Å². The largest absolute Gasteiger partial charge is 0.489 e.